The molecule has 0 radical (unpaired) electrons. The highest BCUT2D eigenvalue weighted by atomic mass is 16.6. The van der Waals surface area contributed by atoms with Crippen LogP contribution in [0.3, 0.4) is 0 Å². The van der Waals surface area contributed by atoms with Crippen molar-refractivity contribution in [1.29, 1.82) is 0 Å². The SMILES string of the molecule is CC1CN(CC2CO2)C(=O)N1CC1CO1. The Morgan fingerprint density at radius 1 is 1.27 bits per heavy atom. The summed E-state index contributed by atoms with van der Waals surface area (Å²) in [5.41, 5.74) is 0. The molecule has 5 nitrogen and oxygen atoms in total. The van der Waals surface area contributed by atoms with Crippen LogP contribution in [0.15, 0.2) is 0 Å². The van der Waals surface area contributed by atoms with Gasteiger partial charge < -0.3 is 19.3 Å². The monoisotopic (exact) mass is 212 g/mol. The number of amides is 2. The van der Waals surface area contributed by atoms with Gasteiger partial charge in [-0.15, -0.1) is 0 Å². The van der Waals surface area contributed by atoms with Crippen LogP contribution < -0.4 is 0 Å². The molecule has 0 aliphatic carbocycles. The third kappa shape index (κ3) is 1.94. The molecule has 3 atom stereocenters. The normalized spacial score (nSPS) is 38.7. The lowest BCUT2D eigenvalue weighted by atomic mass is 10.3. The molecular formula is C10H16N2O3. The Hall–Kier alpha value is -0.810. The van der Waals surface area contributed by atoms with E-state index in [9.17, 15) is 4.79 Å². The summed E-state index contributed by atoms with van der Waals surface area (Å²) in [6, 6.07) is 0.453. The molecule has 3 unspecified atom stereocenters. The lowest BCUT2D eigenvalue weighted by Crippen LogP contribution is -2.37. The Labute approximate surface area is 88.9 Å². The van der Waals surface area contributed by atoms with Crippen LogP contribution in [0, 0.1) is 0 Å². The molecule has 0 N–H and O–H groups in total. The van der Waals surface area contributed by atoms with Crippen LogP contribution in [0.2, 0.25) is 0 Å². The smallest absolute Gasteiger partial charge is 0.320 e. The van der Waals surface area contributed by atoms with Gasteiger partial charge in [-0.05, 0) is 6.92 Å². The first kappa shape index (κ1) is 9.42. The Bertz CT molecular complexity index is 276. The zero-order valence-corrected chi connectivity index (χ0v) is 8.89. The maximum absolute atomic E-state index is 12.0. The van der Waals surface area contributed by atoms with Gasteiger partial charge in [-0.25, -0.2) is 4.79 Å². The molecule has 0 spiro atoms. The summed E-state index contributed by atoms with van der Waals surface area (Å²) in [6.45, 7) is 6.04. The van der Waals surface area contributed by atoms with E-state index in [1.807, 2.05) is 9.80 Å². The van der Waals surface area contributed by atoms with Crippen molar-refractivity contribution in [3.05, 3.63) is 0 Å². The molecule has 2 amide bonds. The van der Waals surface area contributed by atoms with Gasteiger partial charge in [-0.3, -0.25) is 0 Å². The van der Waals surface area contributed by atoms with Crippen LogP contribution in [-0.4, -0.2) is 66.9 Å². The van der Waals surface area contributed by atoms with Gasteiger partial charge in [0.05, 0.1) is 38.5 Å². The quantitative estimate of drug-likeness (QED) is 0.612. The number of carbonyl (C=O) groups is 1. The molecule has 3 heterocycles. The summed E-state index contributed by atoms with van der Waals surface area (Å²) in [5.74, 6) is 0. The molecule has 3 saturated heterocycles. The van der Waals surface area contributed by atoms with Crippen molar-refractivity contribution in [2.24, 2.45) is 0 Å². The predicted octanol–water partition coefficient (Wildman–Crippen LogP) is -0.0899. The second-order valence-electron chi connectivity index (χ2n) is 4.60. The summed E-state index contributed by atoms with van der Waals surface area (Å²) in [4.78, 5) is 15.8. The van der Waals surface area contributed by atoms with Crippen molar-refractivity contribution >= 4 is 6.03 Å². The van der Waals surface area contributed by atoms with E-state index < -0.39 is 0 Å². The van der Waals surface area contributed by atoms with Crippen LogP contribution >= 0.6 is 0 Å². The van der Waals surface area contributed by atoms with Crippen molar-refractivity contribution in [3.63, 3.8) is 0 Å². The van der Waals surface area contributed by atoms with Gasteiger partial charge in [-0.2, -0.15) is 0 Å². The Kier molecular flexibility index (Phi) is 2.10. The first-order valence-electron chi connectivity index (χ1n) is 5.53. The number of urea groups is 1. The first-order chi connectivity index (χ1) is 7.24. The third-order valence-electron chi connectivity index (χ3n) is 3.16. The van der Waals surface area contributed by atoms with Gasteiger partial charge in [0, 0.05) is 12.6 Å². The average Bonchev–Trinajstić information content (AvgIpc) is 3.06. The molecule has 0 saturated carbocycles. The van der Waals surface area contributed by atoms with Crippen molar-refractivity contribution in [3.8, 4) is 0 Å². The van der Waals surface area contributed by atoms with Crippen molar-refractivity contribution in [1.82, 2.24) is 9.80 Å². The zero-order chi connectivity index (χ0) is 10.4. The fourth-order valence-corrected chi connectivity index (χ4v) is 2.09. The molecule has 15 heavy (non-hydrogen) atoms. The van der Waals surface area contributed by atoms with Crippen molar-refractivity contribution < 1.29 is 14.3 Å². The second-order valence-corrected chi connectivity index (χ2v) is 4.60. The number of nitrogens with zero attached hydrogens (tertiary/aromatic N) is 2. The lowest BCUT2D eigenvalue weighted by molar-refractivity contribution is 0.180. The lowest BCUT2D eigenvalue weighted by Gasteiger charge is -2.19. The fraction of sp³-hybridized carbons (Fsp3) is 0.900. The summed E-state index contributed by atoms with van der Waals surface area (Å²) in [7, 11) is 0. The summed E-state index contributed by atoms with van der Waals surface area (Å²) in [5, 5.41) is 0. The molecule has 3 aliphatic rings. The summed E-state index contributed by atoms with van der Waals surface area (Å²) < 4.78 is 10.3. The Morgan fingerprint density at radius 3 is 2.47 bits per heavy atom. The predicted molar refractivity (Wildman–Crippen MR) is 52.6 cm³/mol. The number of carbonyl (C=O) groups excluding carboxylic acids is 1. The minimum atomic E-state index is 0.147. The van der Waals surface area contributed by atoms with Gasteiger partial charge in [0.1, 0.15) is 0 Å². The van der Waals surface area contributed by atoms with Gasteiger partial charge in [0.2, 0.25) is 0 Å². The molecule has 3 aliphatic heterocycles. The van der Waals surface area contributed by atoms with E-state index in [2.05, 4.69) is 6.92 Å². The van der Waals surface area contributed by atoms with Crippen molar-refractivity contribution in [2.75, 3.05) is 32.8 Å². The fourth-order valence-electron chi connectivity index (χ4n) is 2.09. The summed E-state index contributed by atoms with van der Waals surface area (Å²) >= 11 is 0. The molecular weight excluding hydrogens is 196 g/mol. The van der Waals surface area contributed by atoms with Crippen LogP contribution in [0.25, 0.3) is 0 Å². The number of hydrogen-bond donors (Lipinski definition) is 0. The number of epoxide rings is 2. The van der Waals surface area contributed by atoms with Crippen LogP contribution in [0.5, 0.6) is 0 Å². The van der Waals surface area contributed by atoms with Crippen LogP contribution in [0.1, 0.15) is 6.92 Å². The van der Waals surface area contributed by atoms with E-state index >= 15 is 0 Å². The highest BCUT2D eigenvalue weighted by Gasteiger charge is 2.40. The van der Waals surface area contributed by atoms with E-state index in [-0.39, 0.29) is 12.1 Å². The standard InChI is InChI=1S/C10H16N2O3/c1-7-2-11(3-8-5-14-8)10(13)12(7)4-9-6-15-9/h7-9H,2-6H2,1H3. The largest absolute Gasteiger partial charge is 0.371 e. The highest BCUT2D eigenvalue weighted by Crippen LogP contribution is 2.22. The molecule has 0 bridgehead atoms. The van der Waals surface area contributed by atoms with Crippen molar-refractivity contribution in [2.45, 2.75) is 25.2 Å². The van der Waals surface area contributed by atoms with E-state index in [1.54, 1.807) is 0 Å². The average molecular weight is 212 g/mol. The number of ether oxygens (including phenoxy) is 2. The van der Waals surface area contributed by atoms with Gasteiger partial charge in [0.15, 0.2) is 0 Å². The third-order valence-corrected chi connectivity index (χ3v) is 3.16. The topological polar surface area (TPSA) is 48.6 Å². The molecule has 5 heteroatoms. The Morgan fingerprint density at radius 2 is 1.87 bits per heavy atom. The van der Waals surface area contributed by atoms with Crippen LogP contribution in [-0.2, 0) is 9.47 Å². The molecule has 84 valence electrons. The van der Waals surface area contributed by atoms with E-state index in [0.29, 0.717) is 12.1 Å². The Balaban J connectivity index is 1.59. The number of hydrogen-bond acceptors (Lipinski definition) is 3. The first-order valence-corrected chi connectivity index (χ1v) is 5.53. The molecule has 0 aromatic heterocycles. The maximum atomic E-state index is 12.0. The molecule has 3 rings (SSSR count). The van der Waals surface area contributed by atoms with Gasteiger partial charge in [0.25, 0.3) is 0 Å². The molecule has 0 aromatic carbocycles. The minimum absolute atomic E-state index is 0.147. The van der Waals surface area contributed by atoms with E-state index in [4.69, 9.17) is 9.47 Å². The highest BCUT2D eigenvalue weighted by molar-refractivity contribution is 5.77. The number of rotatable bonds is 4. The minimum Gasteiger partial charge on any atom is -0.371 e. The molecule has 0 aromatic rings. The zero-order valence-electron chi connectivity index (χ0n) is 8.89. The van der Waals surface area contributed by atoms with Gasteiger partial charge in [-0.1, -0.05) is 0 Å². The van der Waals surface area contributed by atoms with Gasteiger partial charge >= 0.3 is 6.03 Å². The maximum Gasteiger partial charge on any atom is 0.320 e. The molecule has 3 fully saturated rings. The van der Waals surface area contributed by atoms with E-state index in [1.165, 1.54) is 0 Å². The van der Waals surface area contributed by atoms with Crippen LogP contribution in [0.4, 0.5) is 4.79 Å². The summed E-state index contributed by atoms with van der Waals surface area (Å²) in [6.07, 6.45) is 0.576. The second kappa shape index (κ2) is 3.35. The van der Waals surface area contributed by atoms with E-state index in [0.717, 1.165) is 32.8 Å².